The second-order valence-electron chi connectivity index (χ2n) is 9.04. The van der Waals surface area contributed by atoms with Crippen LogP contribution < -0.4 is 15.5 Å². The number of carbonyl (C=O) groups excluding carboxylic acids is 2. The molecule has 7 heteroatoms. The van der Waals surface area contributed by atoms with E-state index in [1.807, 2.05) is 24.3 Å². The summed E-state index contributed by atoms with van der Waals surface area (Å²) in [6, 6.07) is 7.58. The number of likely N-dealkylation sites (tertiary alicyclic amines) is 1. The first-order chi connectivity index (χ1) is 15.9. The second-order valence-corrected chi connectivity index (χ2v) is 9.04. The zero-order valence-electron chi connectivity index (χ0n) is 19.9. The predicted octanol–water partition coefficient (Wildman–Crippen LogP) is 3.70. The van der Waals surface area contributed by atoms with Crippen LogP contribution in [-0.4, -0.2) is 48.0 Å². The number of benzene rings is 1. The number of methoxy groups -OCH3 is 1. The molecule has 2 amide bonds. The molecule has 3 rings (SSSR count). The number of rotatable bonds is 8. The van der Waals surface area contributed by atoms with Crippen LogP contribution >= 0.6 is 0 Å². The Bertz CT molecular complexity index is 1020. The van der Waals surface area contributed by atoms with Crippen molar-refractivity contribution in [1.82, 2.24) is 14.8 Å². The molecule has 1 N–H and O–H groups in total. The van der Waals surface area contributed by atoms with Gasteiger partial charge in [-0.25, -0.2) is 0 Å². The highest BCUT2D eigenvalue weighted by molar-refractivity contribution is 5.99. The molecule has 0 atom stereocenters. The van der Waals surface area contributed by atoms with Crippen molar-refractivity contribution in [3.05, 3.63) is 63.6 Å². The molecule has 7 nitrogen and oxygen atoms in total. The zero-order valence-corrected chi connectivity index (χ0v) is 19.9. The maximum absolute atomic E-state index is 13.3. The minimum Gasteiger partial charge on any atom is -0.496 e. The first kappa shape index (κ1) is 24.6. The molecule has 0 spiro atoms. The first-order valence-electron chi connectivity index (χ1n) is 11.8. The van der Waals surface area contributed by atoms with E-state index in [0.29, 0.717) is 37.8 Å². The van der Waals surface area contributed by atoms with Crippen LogP contribution in [0.3, 0.4) is 0 Å². The molecule has 1 aliphatic rings. The van der Waals surface area contributed by atoms with Crippen LogP contribution in [0.4, 0.5) is 0 Å². The quantitative estimate of drug-likeness (QED) is 0.661. The van der Waals surface area contributed by atoms with E-state index in [9.17, 15) is 14.4 Å². The fraction of sp³-hybridized carbons (Fsp3) is 0.500. The van der Waals surface area contributed by atoms with E-state index in [0.717, 1.165) is 37.7 Å². The number of nitrogens with zero attached hydrogens (tertiary/aromatic N) is 2. The van der Waals surface area contributed by atoms with Crippen molar-refractivity contribution >= 4 is 11.8 Å². The summed E-state index contributed by atoms with van der Waals surface area (Å²) in [7, 11) is 1.60. The lowest BCUT2D eigenvalue weighted by atomic mass is 10.1. The van der Waals surface area contributed by atoms with E-state index in [4.69, 9.17) is 4.74 Å². The van der Waals surface area contributed by atoms with Crippen LogP contribution in [0.2, 0.25) is 0 Å². The van der Waals surface area contributed by atoms with Crippen LogP contribution in [0.5, 0.6) is 5.75 Å². The Morgan fingerprint density at radius 1 is 1.03 bits per heavy atom. The lowest BCUT2D eigenvalue weighted by Crippen LogP contribution is -2.38. The van der Waals surface area contributed by atoms with Gasteiger partial charge < -0.3 is 19.5 Å². The van der Waals surface area contributed by atoms with Crippen LogP contribution in [0.25, 0.3) is 0 Å². The van der Waals surface area contributed by atoms with Gasteiger partial charge in [-0.05, 0) is 31.2 Å². The fourth-order valence-electron chi connectivity index (χ4n) is 4.08. The summed E-state index contributed by atoms with van der Waals surface area (Å²) >= 11 is 0. The Morgan fingerprint density at radius 2 is 1.70 bits per heavy atom. The number of aromatic nitrogens is 1. The number of hydrogen-bond acceptors (Lipinski definition) is 4. The molecule has 1 aromatic heterocycles. The van der Waals surface area contributed by atoms with Gasteiger partial charge in [-0.2, -0.15) is 0 Å². The Balaban J connectivity index is 1.98. The average Bonchev–Trinajstić information content (AvgIpc) is 3.09. The van der Waals surface area contributed by atoms with E-state index in [1.165, 1.54) is 0 Å². The van der Waals surface area contributed by atoms with E-state index in [-0.39, 0.29) is 17.0 Å². The molecule has 0 radical (unpaired) electrons. The van der Waals surface area contributed by atoms with Crippen LogP contribution in [0, 0.1) is 5.92 Å². The lowest BCUT2D eigenvalue weighted by molar-refractivity contribution is 0.0759. The monoisotopic (exact) mass is 453 g/mol. The van der Waals surface area contributed by atoms with Gasteiger partial charge in [0.2, 0.25) is 5.43 Å². The molecule has 1 fully saturated rings. The van der Waals surface area contributed by atoms with Crippen molar-refractivity contribution in [2.45, 2.75) is 52.5 Å². The van der Waals surface area contributed by atoms with Crippen LogP contribution in [0.15, 0.2) is 41.5 Å². The Kier molecular flexibility index (Phi) is 8.69. The van der Waals surface area contributed by atoms with Crippen molar-refractivity contribution < 1.29 is 14.3 Å². The molecular formula is C26H35N3O4. The third-order valence-corrected chi connectivity index (χ3v) is 6.00. The summed E-state index contributed by atoms with van der Waals surface area (Å²) in [5, 5.41) is 2.84. The van der Waals surface area contributed by atoms with Gasteiger partial charge in [0.15, 0.2) is 0 Å². The SMILES string of the molecule is COc1ccccc1Cn1cc(C(=O)NCCC(C)C)c(=O)c(C(=O)N2CCCCCC2)c1. The van der Waals surface area contributed by atoms with Gasteiger partial charge in [0.05, 0.1) is 13.7 Å². The molecular weight excluding hydrogens is 418 g/mol. The largest absolute Gasteiger partial charge is 0.496 e. The van der Waals surface area contributed by atoms with Crippen molar-refractivity contribution in [3.8, 4) is 5.75 Å². The highest BCUT2D eigenvalue weighted by Crippen LogP contribution is 2.19. The number of hydrogen-bond donors (Lipinski definition) is 1. The number of pyridine rings is 1. The molecule has 0 bridgehead atoms. The average molecular weight is 454 g/mol. The summed E-state index contributed by atoms with van der Waals surface area (Å²) in [4.78, 5) is 41.2. The molecule has 2 heterocycles. The predicted molar refractivity (Wildman–Crippen MR) is 129 cm³/mol. The molecule has 0 saturated carbocycles. The molecule has 0 aliphatic carbocycles. The Morgan fingerprint density at radius 3 is 2.36 bits per heavy atom. The summed E-state index contributed by atoms with van der Waals surface area (Å²) in [5.41, 5.74) is 0.420. The summed E-state index contributed by atoms with van der Waals surface area (Å²) in [6.07, 6.45) is 7.95. The van der Waals surface area contributed by atoms with E-state index in [2.05, 4.69) is 19.2 Å². The maximum Gasteiger partial charge on any atom is 0.259 e. The van der Waals surface area contributed by atoms with E-state index < -0.39 is 11.3 Å². The number of para-hydroxylation sites is 1. The summed E-state index contributed by atoms with van der Waals surface area (Å²) < 4.78 is 7.19. The number of amides is 2. The van der Waals surface area contributed by atoms with Crippen molar-refractivity contribution in [1.29, 1.82) is 0 Å². The number of nitrogens with one attached hydrogen (secondary N) is 1. The van der Waals surface area contributed by atoms with Crippen molar-refractivity contribution in [2.75, 3.05) is 26.7 Å². The summed E-state index contributed by atoms with van der Waals surface area (Å²) in [5.74, 6) is 0.399. The molecule has 1 aromatic carbocycles. The fourth-order valence-corrected chi connectivity index (χ4v) is 4.08. The van der Waals surface area contributed by atoms with Gasteiger partial charge in [0, 0.05) is 37.6 Å². The molecule has 33 heavy (non-hydrogen) atoms. The van der Waals surface area contributed by atoms with Crippen LogP contribution in [-0.2, 0) is 6.54 Å². The standard InChI is InChI=1S/C26H35N3O4/c1-19(2)12-13-27-25(31)21-17-28(16-20-10-6-7-11-23(20)33-3)18-22(24(21)30)26(32)29-14-8-4-5-9-15-29/h6-7,10-11,17-19H,4-5,8-9,12-16H2,1-3H3,(H,27,31). The van der Waals surface area contributed by atoms with Crippen molar-refractivity contribution in [2.24, 2.45) is 5.92 Å². The molecule has 178 valence electrons. The van der Waals surface area contributed by atoms with E-state index in [1.54, 1.807) is 29.0 Å². The number of carbonyl (C=O) groups is 2. The van der Waals surface area contributed by atoms with Gasteiger partial charge in [-0.1, -0.05) is 44.9 Å². The van der Waals surface area contributed by atoms with Crippen molar-refractivity contribution in [3.63, 3.8) is 0 Å². The number of ether oxygens (including phenoxy) is 1. The van der Waals surface area contributed by atoms with Crippen LogP contribution in [0.1, 0.15) is 72.2 Å². The maximum atomic E-state index is 13.3. The summed E-state index contributed by atoms with van der Waals surface area (Å²) in [6.45, 7) is 6.27. The third-order valence-electron chi connectivity index (χ3n) is 6.00. The second kappa shape index (κ2) is 11.7. The van der Waals surface area contributed by atoms with Gasteiger partial charge in [-0.3, -0.25) is 14.4 Å². The van der Waals surface area contributed by atoms with Gasteiger partial charge in [0.25, 0.3) is 11.8 Å². The minimum absolute atomic E-state index is 0.00525. The van der Waals surface area contributed by atoms with Gasteiger partial charge in [0.1, 0.15) is 16.9 Å². The minimum atomic E-state index is -0.512. The molecule has 1 aliphatic heterocycles. The third kappa shape index (κ3) is 6.46. The van der Waals surface area contributed by atoms with Gasteiger partial charge in [-0.15, -0.1) is 0 Å². The zero-order chi connectivity index (χ0) is 23.8. The smallest absolute Gasteiger partial charge is 0.259 e. The highest BCUT2D eigenvalue weighted by atomic mass is 16.5. The highest BCUT2D eigenvalue weighted by Gasteiger charge is 2.24. The molecule has 2 aromatic rings. The topological polar surface area (TPSA) is 80.6 Å². The molecule has 0 unspecified atom stereocenters. The molecule has 1 saturated heterocycles. The van der Waals surface area contributed by atoms with E-state index >= 15 is 0 Å². The van der Waals surface area contributed by atoms with Gasteiger partial charge >= 0.3 is 0 Å². The lowest BCUT2D eigenvalue weighted by Gasteiger charge is -2.21. The normalized spacial score (nSPS) is 14.1. The Hall–Kier alpha value is -3.09. The Labute approximate surface area is 195 Å². The first-order valence-corrected chi connectivity index (χ1v) is 11.8.